The lowest BCUT2D eigenvalue weighted by Crippen LogP contribution is -2.31. The summed E-state index contributed by atoms with van der Waals surface area (Å²) in [5, 5.41) is 2.69. The highest BCUT2D eigenvalue weighted by Crippen LogP contribution is 2.19. The van der Waals surface area contributed by atoms with Crippen LogP contribution < -0.4 is 10.1 Å². The van der Waals surface area contributed by atoms with Crippen molar-refractivity contribution in [2.24, 2.45) is 0 Å². The number of aryl methyl sites for hydroxylation is 2. The van der Waals surface area contributed by atoms with E-state index in [1.165, 1.54) is 28.6 Å². The van der Waals surface area contributed by atoms with Gasteiger partial charge in [0.1, 0.15) is 5.75 Å². The van der Waals surface area contributed by atoms with Crippen LogP contribution in [0.3, 0.4) is 0 Å². The molecule has 0 aliphatic carbocycles. The summed E-state index contributed by atoms with van der Waals surface area (Å²) in [6.07, 6.45) is 3.04. The molecule has 0 aliphatic heterocycles. The van der Waals surface area contributed by atoms with Crippen LogP contribution in [-0.4, -0.2) is 38.3 Å². The zero-order valence-electron chi connectivity index (χ0n) is 16.7. The molecule has 0 saturated heterocycles. The molecule has 154 valence electrons. The van der Waals surface area contributed by atoms with Crippen LogP contribution >= 0.6 is 0 Å². The summed E-state index contributed by atoms with van der Waals surface area (Å²) in [6.45, 7) is 11.4. The molecule has 1 amide bonds. The van der Waals surface area contributed by atoms with Crippen molar-refractivity contribution in [3.05, 3.63) is 78.9 Å². The van der Waals surface area contributed by atoms with Gasteiger partial charge < -0.3 is 10.1 Å². The molecule has 0 fully saturated rings. The van der Waals surface area contributed by atoms with Gasteiger partial charge in [-0.25, -0.2) is 8.42 Å². The Morgan fingerprint density at radius 3 is 2.21 bits per heavy atom. The first kappa shape index (κ1) is 22.4. The number of anilines is 1. The summed E-state index contributed by atoms with van der Waals surface area (Å²) >= 11 is 0. The molecule has 7 heteroatoms. The van der Waals surface area contributed by atoms with Gasteiger partial charge in [-0.3, -0.25) is 4.79 Å². The second kappa shape index (κ2) is 10.0. The average Bonchev–Trinajstić information content (AvgIpc) is 2.69. The molecule has 0 radical (unpaired) electrons. The molecule has 0 aromatic heterocycles. The number of sulfonamides is 1. The second-order valence-electron chi connectivity index (χ2n) is 6.51. The normalized spacial score (nSPS) is 11.1. The predicted octanol–water partition coefficient (Wildman–Crippen LogP) is 3.68. The number of benzene rings is 2. The van der Waals surface area contributed by atoms with Crippen LogP contribution in [0.25, 0.3) is 0 Å². The molecular weight excluding hydrogens is 388 g/mol. The molecule has 2 aromatic rings. The predicted molar refractivity (Wildman–Crippen MR) is 116 cm³/mol. The van der Waals surface area contributed by atoms with Gasteiger partial charge in [-0.05, 0) is 61.4 Å². The minimum Gasteiger partial charge on any atom is -0.484 e. The number of carbonyl (C=O) groups excluding carboxylic acids is 1. The minimum atomic E-state index is -3.67. The molecule has 0 bridgehead atoms. The number of hydrogen-bond acceptors (Lipinski definition) is 4. The van der Waals surface area contributed by atoms with E-state index < -0.39 is 10.0 Å². The Kier molecular flexibility index (Phi) is 7.75. The number of nitrogens with one attached hydrogen (secondary N) is 1. The van der Waals surface area contributed by atoms with Crippen molar-refractivity contribution in [2.75, 3.05) is 25.0 Å². The summed E-state index contributed by atoms with van der Waals surface area (Å²) in [5.74, 6) is 0.285. The van der Waals surface area contributed by atoms with Crippen LogP contribution in [0.2, 0.25) is 0 Å². The molecule has 0 unspecified atom stereocenters. The monoisotopic (exact) mass is 414 g/mol. The Morgan fingerprint density at radius 1 is 1.03 bits per heavy atom. The van der Waals surface area contributed by atoms with Crippen LogP contribution in [0.15, 0.2) is 72.7 Å². The van der Waals surface area contributed by atoms with Gasteiger partial charge in [0, 0.05) is 18.8 Å². The molecule has 1 N–H and O–H groups in total. The molecule has 2 rings (SSSR count). The first-order valence-corrected chi connectivity index (χ1v) is 10.5. The molecule has 0 atom stereocenters. The van der Waals surface area contributed by atoms with E-state index in [1.54, 1.807) is 12.1 Å². The highest BCUT2D eigenvalue weighted by atomic mass is 32.2. The van der Waals surface area contributed by atoms with Crippen molar-refractivity contribution in [1.29, 1.82) is 0 Å². The number of nitrogens with zero attached hydrogens (tertiary/aromatic N) is 1. The van der Waals surface area contributed by atoms with E-state index in [9.17, 15) is 13.2 Å². The van der Waals surface area contributed by atoms with Crippen LogP contribution in [0.5, 0.6) is 5.75 Å². The van der Waals surface area contributed by atoms with E-state index in [4.69, 9.17) is 4.74 Å². The number of amides is 1. The molecule has 0 aliphatic rings. The van der Waals surface area contributed by atoms with Crippen molar-refractivity contribution in [3.63, 3.8) is 0 Å². The fourth-order valence-corrected chi connectivity index (χ4v) is 3.95. The van der Waals surface area contributed by atoms with Gasteiger partial charge in [-0.1, -0.05) is 18.2 Å². The van der Waals surface area contributed by atoms with Crippen molar-refractivity contribution < 1.29 is 17.9 Å². The van der Waals surface area contributed by atoms with Gasteiger partial charge in [-0.15, -0.1) is 13.2 Å². The lowest BCUT2D eigenvalue weighted by Gasteiger charge is -2.19. The lowest BCUT2D eigenvalue weighted by molar-refractivity contribution is -0.118. The quantitative estimate of drug-likeness (QED) is 0.602. The van der Waals surface area contributed by atoms with Gasteiger partial charge >= 0.3 is 0 Å². The highest BCUT2D eigenvalue weighted by molar-refractivity contribution is 7.89. The molecule has 0 spiro atoms. The second-order valence-corrected chi connectivity index (χ2v) is 8.44. The zero-order chi connectivity index (χ0) is 21.4. The van der Waals surface area contributed by atoms with Crippen molar-refractivity contribution >= 4 is 21.6 Å². The summed E-state index contributed by atoms with van der Waals surface area (Å²) in [6, 6.07) is 11.6. The van der Waals surface area contributed by atoms with E-state index in [0.717, 1.165) is 11.1 Å². The number of rotatable bonds is 10. The highest BCUT2D eigenvalue weighted by Gasteiger charge is 2.22. The Labute approximate surface area is 172 Å². The van der Waals surface area contributed by atoms with Crippen molar-refractivity contribution in [1.82, 2.24) is 4.31 Å². The first-order valence-electron chi connectivity index (χ1n) is 9.10. The Bertz CT molecular complexity index is 972. The van der Waals surface area contributed by atoms with Gasteiger partial charge in [0.2, 0.25) is 10.0 Å². The minimum absolute atomic E-state index is 0.130. The van der Waals surface area contributed by atoms with Gasteiger partial charge in [-0.2, -0.15) is 4.31 Å². The molecule has 0 heterocycles. The summed E-state index contributed by atoms with van der Waals surface area (Å²) < 4.78 is 32.1. The van der Waals surface area contributed by atoms with E-state index >= 15 is 0 Å². The smallest absolute Gasteiger partial charge is 0.262 e. The van der Waals surface area contributed by atoms with Crippen LogP contribution in [0.4, 0.5) is 5.69 Å². The number of hydrogen-bond donors (Lipinski definition) is 1. The number of ether oxygens (including phenoxy) is 1. The maximum absolute atomic E-state index is 12.7. The SMILES string of the molecule is C=CCN(CC=C)S(=O)(=O)c1ccc(NC(=O)COc2ccc(C)c(C)c2)cc1. The van der Waals surface area contributed by atoms with Crippen LogP contribution in [0.1, 0.15) is 11.1 Å². The summed E-state index contributed by atoms with van der Waals surface area (Å²) in [4.78, 5) is 12.2. The third kappa shape index (κ3) is 6.04. The molecular formula is C22H26N2O4S. The maximum Gasteiger partial charge on any atom is 0.262 e. The van der Waals surface area contributed by atoms with E-state index in [1.807, 2.05) is 32.0 Å². The Hall–Kier alpha value is -2.90. The zero-order valence-corrected chi connectivity index (χ0v) is 17.5. The molecule has 2 aromatic carbocycles. The third-order valence-corrected chi connectivity index (χ3v) is 6.14. The standard InChI is InChI=1S/C22H26N2O4S/c1-5-13-24(14-6-2)29(26,27)21-11-8-19(9-12-21)23-22(25)16-28-20-10-7-17(3)18(4)15-20/h5-12,15H,1-2,13-14,16H2,3-4H3,(H,23,25). The van der Waals surface area contributed by atoms with Gasteiger partial charge in [0.25, 0.3) is 5.91 Å². The topological polar surface area (TPSA) is 75.7 Å². The largest absolute Gasteiger partial charge is 0.484 e. The fraction of sp³-hybridized carbons (Fsp3) is 0.227. The average molecular weight is 415 g/mol. The first-order chi connectivity index (χ1) is 13.8. The maximum atomic E-state index is 12.7. The van der Waals surface area contributed by atoms with Gasteiger partial charge in [0.15, 0.2) is 6.61 Å². The van der Waals surface area contributed by atoms with Gasteiger partial charge in [0.05, 0.1) is 4.90 Å². The van der Waals surface area contributed by atoms with Crippen LogP contribution in [0, 0.1) is 13.8 Å². The Morgan fingerprint density at radius 2 is 1.66 bits per heavy atom. The summed E-state index contributed by atoms with van der Waals surface area (Å²) in [5.41, 5.74) is 2.72. The Balaban J connectivity index is 2.00. The van der Waals surface area contributed by atoms with E-state index in [0.29, 0.717) is 11.4 Å². The van der Waals surface area contributed by atoms with Crippen molar-refractivity contribution in [2.45, 2.75) is 18.7 Å². The lowest BCUT2D eigenvalue weighted by atomic mass is 10.1. The van der Waals surface area contributed by atoms with E-state index in [2.05, 4.69) is 18.5 Å². The number of carbonyl (C=O) groups is 1. The molecule has 29 heavy (non-hydrogen) atoms. The van der Waals surface area contributed by atoms with Crippen molar-refractivity contribution in [3.8, 4) is 5.75 Å². The van der Waals surface area contributed by atoms with E-state index in [-0.39, 0.29) is 30.5 Å². The fourth-order valence-electron chi connectivity index (χ4n) is 2.57. The third-order valence-electron chi connectivity index (χ3n) is 4.29. The van der Waals surface area contributed by atoms with Crippen LogP contribution in [-0.2, 0) is 14.8 Å². The molecule has 6 nitrogen and oxygen atoms in total. The molecule has 0 saturated carbocycles. The summed E-state index contributed by atoms with van der Waals surface area (Å²) in [7, 11) is -3.67.